The summed E-state index contributed by atoms with van der Waals surface area (Å²) >= 11 is 1.58. The fraction of sp³-hybridized carbons (Fsp3) is 0.111. The molecule has 0 saturated heterocycles. The van der Waals surface area contributed by atoms with Crippen molar-refractivity contribution in [2.45, 2.75) is 12.8 Å². The summed E-state index contributed by atoms with van der Waals surface area (Å²) in [6.45, 7) is 0. The molecule has 0 radical (unpaired) electrons. The minimum absolute atomic E-state index is 0.0738. The monoisotopic (exact) mass is 324 g/mol. The lowest BCUT2D eigenvalue weighted by atomic mass is 10.1. The quantitative estimate of drug-likeness (QED) is 0.743. The fourth-order valence-corrected chi connectivity index (χ4v) is 2.90. The van der Waals surface area contributed by atoms with E-state index in [1.165, 1.54) is 0 Å². The molecule has 23 heavy (non-hydrogen) atoms. The average molecular weight is 324 g/mol. The Labute approximate surface area is 138 Å². The van der Waals surface area contributed by atoms with Crippen molar-refractivity contribution in [2.24, 2.45) is 0 Å². The number of hydrogen-bond acceptors (Lipinski definition) is 4. The highest BCUT2D eigenvalue weighted by Crippen LogP contribution is 2.23. The summed E-state index contributed by atoms with van der Waals surface area (Å²) in [6, 6.07) is 14.7. The second-order valence-corrected chi connectivity index (χ2v) is 5.99. The van der Waals surface area contributed by atoms with Gasteiger partial charge in [0.2, 0.25) is 5.91 Å². The highest BCUT2D eigenvalue weighted by molar-refractivity contribution is 7.13. The van der Waals surface area contributed by atoms with E-state index in [4.69, 9.17) is 0 Å². The minimum Gasteiger partial charge on any atom is -0.508 e. The summed E-state index contributed by atoms with van der Waals surface area (Å²) in [4.78, 5) is 16.3. The van der Waals surface area contributed by atoms with E-state index in [1.54, 1.807) is 29.7 Å². The highest BCUT2D eigenvalue weighted by atomic mass is 32.1. The van der Waals surface area contributed by atoms with Gasteiger partial charge in [-0.25, -0.2) is 4.98 Å². The summed E-state index contributed by atoms with van der Waals surface area (Å²) < 4.78 is 0. The number of nitrogens with one attached hydrogen (secondary N) is 1. The average Bonchev–Trinajstić information content (AvgIpc) is 3.09. The molecular weight excluding hydrogens is 308 g/mol. The maximum absolute atomic E-state index is 12.0. The van der Waals surface area contributed by atoms with Crippen molar-refractivity contribution in [3.63, 3.8) is 0 Å². The number of nitrogens with zero attached hydrogens (tertiary/aromatic N) is 1. The first kappa shape index (κ1) is 15.2. The number of para-hydroxylation sites is 1. The third kappa shape index (κ3) is 3.96. The molecule has 0 atom stereocenters. The van der Waals surface area contributed by atoms with Crippen LogP contribution in [0.5, 0.6) is 5.75 Å². The molecule has 4 nitrogen and oxygen atoms in total. The Balaban J connectivity index is 1.57. The SMILES string of the molecule is O=C(CCc1ccccc1O)Nc1ccc(-c2nccs2)cc1. The van der Waals surface area contributed by atoms with Gasteiger partial charge < -0.3 is 10.4 Å². The summed E-state index contributed by atoms with van der Waals surface area (Å²) in [7, 11) is 0. The molecule has 1 heterocycles. The lowest BCUT2D eigenvalue weighted by Gasteiger charge is -2.07. The van der Waals surface area contributed by atoms with E-state index in [-0.39, 0.29) is 11.7 Å². The third-order valence-electron chi connectivity index (χ3n) is 3.46. The van der Waals surface area contributed by atoms with Gasteiger partial charge in [0.25, 0.3) is 0 Å². The molecule has 0 unspecified atom stereocenters. The zero-order valence-electron chi connectivity index (χ0n) is 12.4. The standard InChI is InChI=1S/C18H16N2O2S/c21-16-4-2-1-3-13(16)7-10-17(22)20-15-8-5-14(6-9-15)18-19-11-12-23-18/h1-6,8-9,11-12,21H,7,10H2,(H,20,22). The number of aromatic nitrogens is 1. The molecular formula is C18H16N2O2S. The molecule has 5 heteroatoms. The second-order valence-electron chi connectivity index (χ2n) is 5.09. The Bertz CT molecular complexity index is 783. The van der Waals surface area contributed by atoms with Crippen LogP contribution in [-0.2, 0) is 11.2 Å². The van der Waals surface area contributed by atoms with E-state index in [9.17, 15) is 9.90 Å². The van der Waals surface area contributed by atoms with Crippen LogP contribution in [0.4, 0.5) is 5.69 Å². The first-order valence-corrected chi connectivity index (χ1v) is 8.17. The Kier molecular flexibility index (Phi) is 4.68. The smallest absolute Gasteiger partial charge is 0.224 e. The maximum Gasteiger partial charge on any atom is 0.224 e. The van der Waals surface area contributed by atoms with Gasteiger partial charge in [-0.3, -0.25) is 4.79 Å². The normalized spacial score (nSPS) is 10.4. The number of aryl methyl sites for hydroxylation is 1. The maximum atomic E-state index is 12.0. The topological polar surface area (TPSA) is 62.2 Å². The summed E-state index contributed by atoms with van der Waals surface area (Å²) in [5.74, 6) is 0.156. The van der Waals surface area contributed by atoms with Crippen molar-refractivity contribution < 1.29 is 9.90 Å². The van der Waals surface area contributed by atoms with Crippen LogP contribution in [0, 0.1) is 0 Å². The number of anilines is 1. The minimum atomic E-state index is -0.0738. The third-order valence-corrected chi connectivity index (χ3v) is 4.28. The van der Waals surface area contributed by atoms with Gasteiger partial charge in [0.1, 0.15) is 10.8 Å². The first-order chi connectivity index (χ1) is 11.2. The van der Waals surface area contributed by atoms with Gasteiger partial charge in [0.15, 0.2) is 0 Å². The van der Waals surface area contributed by atoms with Gasteiger partial charge in [-0.2, -0.15) is 0 Å². The molecule has 116 valence electrons. The van der Waals surface area contributed by atoms with Crippen LogP contribution < -0.4 is 5.32 Å². The Morgan fingerprint density at radius 3 is 2.61 bits per heavy atom. The Morgan fingerprint density at radius 2 is 1.91 bits per heavy atom. The van der Waals surface area contributed by atoms with E-state index in [1.807, 2.05) is 41.8 Å². The zero-order valence-corrected chi connectivity index (χ0v) is 13.2. The van der Waals surface area contributed by atoms with Crippen molar-refractivity contribution in [1.82, 2.24) is 4.98 Å². The molecule has 1 amide bonds. The summed E-state index contributed by atoms with van der Waals surface area (Å²) in [6.07, 6.45) is 2.61. The molecule has 3 aromatic rings. The van der Waals surface area contributed by atoms with Crippen molar-refractivity contribution in [1.29, 1.82) is 0 Å². The van der Waals surface area contributed by atoms with E-state index >= 15 is 0 Å². The number of phenols is 1. The molecule has 0 aliphatic heterocycles. The van der Waals surface area contributed by atoms with Crippen LogP contribution in [0.25, 0.3) is 10.6 Å². The number of carbonyl (C=O) groups is 1. The number of carbonyl (C=O) groups excluding carboxylic acids is 1. The number of thiazole rings is 1. The predicted molar refractivity (Wildman–Crippen MR) is 92.6 cm³/mol. The van der Waals surface area contributed by atoms with Gasteiger partial charge in [0.05, 0.1) is 0 Å². The van der Waals surface area contributed by atoms with Crippen molar-refractivity contribution >= 4 is 22.9 Å². The van der Waals surface area contributed by atoms with Gasteiger partial charge in [-0.1, -0.05) is 18.2 Å². The van der Waals surface area contributed by atoms with Gasteiger partial charge in [0, 0.05) is 29.2 Å². The zero-order chi connectivity index (χ0) is 16.1. The van der Waals surface area contributed by atoms with E-state index in [2.05, 4.69) is 10.3 Å². The molecule has 0 spiro atoms. The lowest BCUT2D eigenvalue weighted by molar-refractivity contribution is -0.116. The van der Waals surface area contributed by atoms with Gasteiger partial charge >= 0.3 is 0 Å². The van der Waals surface area contributed by atoms with E-state index < -0.39 is 0 Å². The number of rotatable bonds is 5. The Morgan fingerprint density at radius 1 is 1.13 bits per heavy atom. The first-order valence-electron chi connectivity index (χ1n) is 7.29. The molecule has 0 fully saturated rings. The fourth-order valence-electron chi connectivity index (χ4n) is 2.26. The molecule has 0 aliphatic carbocycles. The van der Waals surface area contributed by atoms with E-state index in [0.717, 1.165) is 21.8 Å². The van der Waals surface area contributed by atoms with Gasteiger partial charge in [-0.15, -0.1) is 11.3 Å². The largest absolute Gasteiger partial charge is 0.508 e. The molecule has 2 N–H and O–H groups in total. The number of phenolic OH excluding ortho intramolecular Hbond substituents is 1. The molecule has 2 aromatic carbocycles. The van der Waals surface area contributed by atoms with Crippen LogP contribution in [0.1, 0.15) is 12.0 Å². The second kappa shape index (κ2) is 7.07. The lowest BCUT2D eigenvalue weighted by Crippen LogP contribution is -2.12. The number of aromatic hydroxyl groups is 1. The molecule has 0 aliphatic rings. The van der Waals surface area contributed by atoms with Crippen LogP contribution in [-0.4, -0.2) is 16.0 Å². The molecule has 1 aromatic heterocycles. The summed E-state index contributed by atoms with van der Waals surface area (Å²) in [5.41, 5.74) is 2.57. The Hall–Kier alpha value is -2.66. The van der Waals surface area contributed by atoms with Gasteiger partial charge in [-0.05, 0) is 42.3 Å². The number of benzene rings is 2. The molecule has 0 bridgehead atoms. The van der Waals surface area contributed by atoms with Crippen LogP contribution in [0.2, 0.25) is 0 Å². The van der Waals surface area contributed by atoms with Crippen molar-refractivity contribution in [3.8, 4) is 16.3 Å². The highest BCUT2D eigenvalue weighted by Gasteiger charge is 2.06. The van der Waals surface area contributed by atoms with E-state index in [0.29, 0.717) is 12.8 Å². The summed E-state index contributed by atoms with van der Waals surface area (Å²) in [5, 5.41) is 15.5. The van der Waals surface area contributed by atoms with Crippen LogP contribution >= 0.6 is 11.3 Å². The predicted octanol–water partition coefficient (Wildman–Crippen LogP) is 4.09. The van der Waals surface area contributed by atoms with Crippen LogP contribution in [0.3, 0.4) is 0 Å². The molecule has 3 rings (SSSR count). The van der Waals surface area contributed by atoms with Crippen LogP contribution in [0.15, 0.2) is 60.1 Å². The van der Waals surface area contributed by atoms with Crippen molar-refractivity contribution in [2.75, 3.05) is 5.32 Å². The number of hydrogen-bond donors (Lipinski definition) is 2. The van der Waals surface area contributed by atoms with Crippen molar-refractivity contribution in [3.05, 3.63) is 65.7 Å². The molecule has 0 saturated carbocycles. The number of amides is 1.